The molecular weight excluding hydrogens is 380 g/mol. The minimum atomic E-state index is -3.88. The molecule has 1 aliphatic heterocycles. The number of esters is 2. The lowest BCUT2D eigenvalue weighted by atomic mass is 10.2. The van der Waals surface area contributed by atoms with Crippen molar-refractivity contribution in [2.45, 2.75) is 43.9 Å². The summed E-state index contributed by atoms with van der Waals surface area (Å²) in [5.41, 5.74) is 0. The Kier molecular flexibility index (Phi) is 6.60. The third-order valence-electron chi connectivity index (χ3n) is 4.06. The van der Waals surface area contributed by atoms with Crippen molar-refractivity contribution in [1.29, 1.82) is 0 Å². The maximum atomic E-state index is 12.9. The number of hydrogen-bond donors (Lipinski definition) is 1. The van der Waals surface area contributed by atoms with Gasteiger partial charge in [0.1, 0.15) is 12.1 Å². The van der Waals surface area contributed by atoms with Gasteiger partial charge in [-0.15, -0.1) is 0 Å². The molecule has 0 spiro atoms. The first kappa shape index (κ1) is 20.9. The first-order chi connectivity index (χ1) is 12.8. The molecule has 1 N–H and O–H groups in total. The number of carbonyl (C=O) groups excluding carboxylic acids is 3. The summed E-state index contributed by atoms with van der Waals surface area (Å²) < 4.78 is 40.8. The molecule has 10 nitrogen and oxygen atoms in total. The number of hydrogen-bond acceptors (Lipinski definition) is 8. The molecule has 2 rings (SSSR count). The van der Waals surface area contributed by atoms with E-state index in [1.54, 1.807) is 13.8 Å². The zero-order valence-electron chi connectivity index (χ0n) is 15.3. The quantitative estimate of drug-likeness (QED) is 0.644. The van der Waals surface area contributed by atoms with Gasteiger partial charge in [-0.3, -0.25) is 4.79 Å². The molecule has 0 aliphatic carbocycles. The van der Waals surface area contributed by atoms with E-state index in [0.717, 1.165) is 11.0 Å². The van der Waals surface area contributed by atoms with E-state index in [4.69, 9.17) is 13.9 Å². The summed E-state index contributed by atoms with van der Waals surface area (Å²) in [6.45, 7) is 3.49. The van der Waals surface area contributed by atoms with Crippen molar-refractivity contribution in [3.63, 3.8) is 0 Å². The molecule has 2 heterocycles. The summed E-state index contributed by atoms with van der Waals surface area (Å²) in [6, 6.07) is 0.325. The van der Waals surface area contributed by atoms with Gasteiger partial charge >= 0.3 is 11.9 Å². The smallest absolute Gasteiger partial charge is 0.328 e. The van der Waals surface area contributed by atoms with Crippen LogP contribution in [0.1, 0.15) is 37.2 Å². The number of nitrogens with zero attached hydrogens (tertiary/aromatic N) is 1. The second-order valence-corrected chi connectivity index (χ2v) is 7.47. The van der Waals surface area contributed by atoms with Crippen molar-refractivity contribution in [2.24, 2.45) is 0 Å². The minimum Gasteiger partial charge on any atom is -0.464 e. The van der Waals surface area contributed by atoms with Crippen molar-refractivity contribution >= 4 is 27.9 Å². The molecule has 2 atom stereocenters. The Hall–Kier alpha value is -2.40. The van der Waals surface area contributed by atoms with Crippen molar-refractivity contribution < 1.29 is 36.7 Å². The Balaban J connectivity index is 2.36. The van der Waals surface area contributed by atoms with Crippen molar-refractivity contribution in [3.05, 3.63) is 17.9 Å². The van der Waals surface area contributed by atoms with Gasteiger partial charge in [0, 0.05) is 0 Å². The van der Waals surface area contributed by atoms with Crippen LogP contribution in [0.25, 0.3) is 0 Å². The molecule has 27 heavy (non-hydrogen) atoms. The lowest BCUT2D eigenvalue weighted by molar-refractivity contribution is -0.151. The number of rotatable bonds is 7. The van der Waals surface area contributed by atoms with Crippen LogP contribution in [0, 0.1) is 0 Å². The monoisotopic (exact) mass is 402 g/mol. The standard InChI is InChI=1S/C16H22N2O8S/c1-4-24-15(20)10-6-7-11(16(21)25-5-2)18(10)14(19)12-8-9-13(26-12)27(22,23)17-3/h8-11,17H,4-7H2,1-3H3/t10-,11+. The van der Waals surface area contributed by atoms with Gasteiger partial charge in [-0.05, 0) is 45.9 Å². The van der Waals surface area contributed by atoms with Crippen LogP contribution in [0.4, 0.5) is 0 Å². The summed E-state index contributed by atoms with van der Waals surface area (Å²) in [6.07, 6.45) is 0.437. The maximum absolute atomic E-state index is 12.9. The Bertz CT molecular complexity index is 790. The molecule has 1 aromatic rings. The molecule has 1 aliphatic rings. The Morgan fingerprint density at radius 1 is 1.11 bits per heavy atom. The highest BCUT2D eigenvalue weighted by Gasteiger charge is 2.46. The molecule has 1 fully saturated rings. The third-order valence-corrected chi connectivity index (χ3v) is 5.35. The highest BCUT2D eigenvalue weighted by molar-refractivity contribution is 7.89. The van der Waals surface area contributed by atoms with Gasteiger partial charge < -0.3 is 18.8 Å². The summed E-state index contributed by atoms with van der Waals surface area (Å²) in [5.74, 6) is -2.39. The Morgan fingerprint density at radius 2 is 1.63 bits per heavy atom. The summed E-state index contributed by atoms with van der Waals surface area (Å²) in [4.78, 5) is 38.4. The molecular formula is C16H22N2O8S. The number of nitrogens with one attached hydrogen (secondary N) is 1. The zero-order valence-corrected chi connectivity index (χ0v) is 16.1. The van der Waals surface area contributed by atoms with Crippen LogP contribution in [0.3, 0.4) is 0 Å². The molecule has 0 saturated carbocycles. The first-order valence-electron chi connectivity index (χ1n) is 8.46. The van der Waals surface area contributed by atoms with Gasteiger partial charge in [0.15, 0.2) is 5.76 Å². The average molecular weight is 402 g/mol. The van der Waals surface area contributed by atoms with Gasteiger partial charge in [0.05, 0.1) is 13.2 Å². The SMILES string of the molecule is CCOC(=O)[C@H]1CC[C@@H](C(=O)OCC)N1C(=O)c1ccc(S(=O)(=O)NC)o1. The van der Waals surface area contributed by atoms with E-state index in [1.165, 1.54) is 13.1 Å². The van der Waals surface area contributed by atoms with Crippen LogP contribution in [0.5, 0.6) is 0 Å². The van der Waals surface area contributed by atoms with Crippen molar-refractivity contribution in [3.8, 4) is 0 Å². The number of carbonyl (C=O) groups is 3. The largest absolute Gasteiger partial charge is 0.464 e. The highest BCUT2D eigenvalue weighted by Crippen LogP contribution is 2.29. The fourth-order valence-electron chi connectivity index (χ4n) is 2.84. The molecule has 150 valence electrons. The van der Waals surface area contributed by atoms with Crippen molar-refractivity contribution in [1.82, 2.24) is 9.62 Å². The number of ether oxygens (including phenoxy) is 2. The van der Waals surface area contributed by atoms with Crippen LogP contribution in [0.2, 0.25) is 0 Å². The van der Waals surface area contributed by atoms with E-state index < -0.39 is 45.0 Å². The third kappa shape index (κ3) is 4.30. The summed E-state index contributed by atoms with van der Waals surface area (Å²) >= 11 is 0. The van der Waals surface area contributed by atoms with Crippen LogP contribution in [0.15, 0.2) is 21.6 Å². The van der Waals surface area contributed by atoms with Gasteiger partial charge in [-0.2, -0.15) is 0 Å². The summed E-state index contributed by atoms with van der Waals surface area (Å²) in [7, 11) is -2.68. The maximum Gasteiger partial charge on any atom is 0.328 e. The minimum absolute atomic E-state index is 0.118. The molecule has 0 unspecified atom stereocenters. The molecule has 0 bridgehead atoms. The van der Waals surface area contributed by atoms with Crippen LogP contribution >= 0.6 is 0 Å². The molecule has 1 aromatic heterocycles. The van der Waals surface area contributed by atoms with Gasteiger partial charge in [0.25, 0.3) is 15.9 Å². The fourth-order valence-corrected chi connectivity index (χ4v) is 3.49. The molecule has 0 radical (unpaired) electrons. The van der Waals surface area contributed by atoms with E-state index in [1.807, 2.05) is 0 Å². The van der Waals surface area contributed by atoms with Crippen LogP contribution in [-0.4, -0.2) is 63.5 Å². The fraction of sp³-hybridized carbons (Fsp3) is 0.562. The molecule has 1 saturated heterocycles. The van der Waals surface area contributed by atoms with E-state index >= 15 is 0 Å². The van der Waals surface area contributed by atoms with Crippen LogP contribution < -0.4 is 4.72 Å². The Labute approximate surface area is 156 Å². The van der Waals surface area contributed by atoms with E-state index in [9.17, 15) is 22.8 Å². The molecule has 0 aromatic carbocycles. The predicted octanol–water partition coefficient (Wildman–Crippen LogP) is 0.287. The lowest BCUT2D eigenvalue weighted by Crippen LogP contribution is -2.48. The van der Waals surface area contributed by atoms with Gasteiger partial charge in [-0.1, -0.05) is 0 Å². The first-order valence-corrected chi connectivity index (χ1v) is 9.94. The van der Waals surface area contributed by atoms with Crippen LogP contribution in [-0.2, 0) is 29.1 Å². The topological polar surface area (TPSA) is 132 Å². The lowest BCUT2D eigenvalue weighted by Gasteiger charge is -2.27. The molecule has 1 amide bonds. The number of furan rings is 1. The van der Waals surface area contributed by atoms with Gasteiger partial charge in [0.2, 0.25) is 5.09 Å². The molecule has 11 heteroatoms. The zero-order chi connectivity index (χ0) is 20.2. The Morgan fingerprint density at radius 3 is 2.07 bits per heavy atom. The second-order valence-electron chi connectivity index (χ2n) is 5.65. The second kappa shape index (κ2) is 8.53. The predicted molar refractivity (Wildman–Crippen MR) is 91.2 cm³/mol. The number of likely N-dealkylation sites (tertiary alicyclic amines) is 1. The van der Waals surface area contributed by atoms with E-state index in [2.05, 4.69) is 4.72 Å². The number of sulfonamides is 1. The average Bonchev–Trinajstić information content (AvgIpc) is 3.29. The van der Waals surface area contributed by atoms with Crippen molar-refractivity contribution in [2.75, 3.05) is 20.3 Å². The normalized spacial score (nSPS) is 19.7. The highest BCUT2D eigenvalue weighted by atomic mass is 32.2. The van der Waals surface area contributed by atoms with Gasteiger partial charge in [-0.25, -0.2) is 22.7 Å². The van der Waals surface area contributed by atoms with E-state index in [0.29, 0.717) is 0 Å². The number of amides is 1. The summed E-state index contributed by atoms with van der Waals surface area (Å²) in [5, 5.41) is -0.451. The van der Waals surface area contributed by atoms with E-state index in [-0.39, 0.29) is 31.8 Å².